The lowest BCUT2D eigenvalue weighted by molar-refractivity contribution is 0.290. The monoisotopic (exact) mass is 376 g/mol. The van der Waals surface area contributed by atoms with Gasteiger partial charge in [0.2, 0.25) is 0 Å². The standard InChI is InChI=1S/C21H44O3S/c1-5-7-8-9-10-11-12-13-14-15-16-17-18-19-20-24-25(22,23)21(3,4)6-2/h5-20H2,1-4H3. The Bertz CT molecular complexity index is 388. The molecule has 0 bridgehead atoms. The predicted molar refractivity (Wildman–Crippen MR) is 110 cm³/mol. The number of hydrogen-bond acceptors (Lipinski definition) is 3. The fourth-order valence-corrected chi connectivity index (χ4v) is 3.81. The van der Waals surface area contributed by atoms with Crippen LogP contribution in [0.4, 0.5) is 0 Å². The van der Waals surface area contributed by atoms with Crippen molar-refractivity contribution in [3.63, 3.8) is 0 Å². The average Bonchev–Trinajstić information content (AvgIpc) is 2.58. The molecule has 0 saturated carbocycles. The lowest BCUT2D eigenvalue weighted by Gasteiger charge is -2.22. The zero-order chi connectivity index (χ0) is 19.0. The zero-order valence-corrected chi connectivity index (χ0v) is 18.3. The molecule has 0 N–H and O–H groups in total. The Morgan fingerprint density at radius 3 is 1.36 bits per heavy atom. The van der Waals surface area contributed by atoms with E-state index in [-0.39, 0.29) is 0 Å². The SMILES string of the molecule is CCCCCCCCCCCCCCCCOS(=O)(=O)C(C)(C)CC. The van der Waals surface area contributed by atoms with Crippen LogP contribution >= 0.6 is 0 Å². The van der Waals surface area contributed by atoms with Gasteiger partial charge in [-0.25, -0.2) is 0 Å². The van der Waals surface area contributed by atoms with Crippen molar-refractivity contribution >= 4 is 10.1 Å². The van der Waals surface area contributed by atoms with E-state index < -0.39 is 14.9 Å². The van der Waals surface area contributed by atoms with Gasteiger partial charge in [-0.2, -0.15) is 8.42 Å². The van der Waals surface area contributed by atoms with Crippen molar-refractivity contribution in [2.75, 3.05) is 6.61 Å². The quantitative estimate of drug-likeness (QED) is 0.191. The highest BCUT2D eigenvalue weighted by molar-refractivity contribution is 7.88. The molecule has 0 atom stereocenters. The summed E-state index contributed by atoms with van der Waals surface area (Å²) in [5.41, 5.74) is 0. The van der Waals surface area contributed by atoms with E-state index in [0.29, 0.717) is 13.0 Å². The molecule has 0 aromatic heterocycles. The lowest BCUT2D eigenvalue weighted by Crippen LogP contribution is -2.32. The van der Waals surface area contributed by atoms with Gasteiger partial charge in [0.25, 0.3) is 10.1 Å². The van der Waals surface area contributed by atoms with E-state index in [1.807, 2.05) is 6.92 Å². The van der Waals surface area contributed by atoms with Gasteiger partial charge in [0.1, 0.15) is 0 Å². The van der Waals surface area contributed by atoms with Crippen molar-refractivity contribution in [1.29, 1.82) is 0 Å². The van der Waals surface area contributed by atoms with E-state index in [0.717, 1.165) is 12.8 Å². The fraction of sp³-hybridized carbons (Fsp3) is 1.00. The molecular formula is C21H44O3S. The molecule has 0 heterocycles. The highest BCUT2D eigenvalue weighted by Gasteiger charge is 2.33. The first-order valence-corrected chi connectivity index (χ1v) is 12.2. The Morgan fingerprint density at radius 1 is 0.640 bits per heavy atom. The van der Waals surface area contributed by atoms with Crippen molar-refractivity contribution in [3.05, 3.63) is 0 Å². The van der Waals surface area contributed by atoms with E-state index in [1.165, 1.54) is 77.0 Å². The fourth-order valence-electron chi connectivity index (χ4n) is 2.80. The molecule has 0 aliphatic heterocycles. The third-order valence-electron chi connectivity index (χ3n) is 5.26. The number of unbranched alkanes of at least 4 members (excludes halogenated alkanes) is 13. The first-order valence-electron chi connectivity index (χ1n) is 10.8. The summed E-state index contributed by atoms with van der Waals surface area (Å²) in [5, 5.41) is 0. The van der Waals surface area contributed by atoms with Gasteiger partial charge in [0, 0.05) is 0 Å². The molecule has 0 spiro atoms. The van der Waals surface area contributed by atoms with Crippen LogP contribution in [0.15, 0.2) is 0 Å². The molecule has 0 unspecified atom stereocenters. The van der Waals surface area contributed by atoms with Crippen LogP contribution in [-0.4, -0.2) is 19.8 Å². The minimum absolute atomic E-state index is 0.337. The first kappa shape index (κ1) is 24.9. The third kappa shape index (κ3) is 12.8. The van der Waals surface area contributed by atoms with Crippen LogP contribution in [-0.2, 0) is 14.3 Å². The summed E-state index contributed by atoms with van der Waals surface area (Å²) >= 11 is 0. The Kier molecular flexibility index (Phi) is 15.0. The van der Waals surface area contributed by atoms with Gasteiger partial charge in [-0.05, 0) is 26.7 Å². The van der Waals surface area contributed by atoms with Crippen LogP contribution in [0.3, 0.4) is 0 Å². The summed E-state index contributed by atoms with van der Waals surface area (Å²) < 4.78 is 28.4. The Labute approximate surface area is 158 Å². The smallest absolute Gasteiger partial charge is 0.270 e. The largest absolute Gasteiger partial charge is 0.272 e. The predicted octanol–water partition coefficient (Wildman–Crippen LogP) is 7.00. The van der Waals surface area contributed by atoms with Crippen LogP contribution in [0.1, 0.15) is 124 Å². The van der Waals surface area contributed by atoms with Crippen molar-refractivity contribution in [2.24, 2.45) is 0 Å². The second kappa shape index (κ2) is 15.0. The van der Waals surface area contributed by atoms with Gasteiger partial charge in [-0.15, -0.1) is 0 Å². The molecule has 0 radical (unpaired) electrons. The summed E-state index contributed by atoms with van der Waals surface area (Å²) in [7, 11) is -3.43. The number of hydrogen-bond donors (Lipinski definition) is 0. The minimum atomic E-state index is -3.43. The second-order valence-corrected chi connectivity index (χ2v) is 10.2. The molecule has 0 aromatic carbocycles. The highest BCUT2D eigenvalue weighted by Crippen LogP contribution is 2.22. The van der Waals surface area contributed by atoms with Crippen molar-refractivity contribution < 1.29 is 12.6 Å². The maximum Gasteiger partial charge on any atom is 0.272 e. The van der Waals surface area contributed by atoms with Crippen molar-refractivity contribution in [3.8, 4) is 0 Å². The van der Waals surface area contributed by atoms with Gasteiger partial charge in [0.15, 0.2) is 0 Å². The summed E-state index contributed by atoms with van der Waals surface area (Å²) in [5.74, 6) is 0. The van der Waals surface area contributed by atoms with E-state index in [4.69, 9.17) is 4.18 Å². The average molecular weight is 377 g/mol. The van der Waals surface area contributed by atoms with E-state index in [1.54, 1.807) is 13.8 Å². The van der Waals surface area contributed by atoms with Crippen LogP contribution < -0.4 is 0 Å². The highest BCUT2D eigenvalue weighted by atomic mass is 32.2. The summed E-state index contributed by atoms with van der Waals surface area (Å²) in [6.45, 7) is 7.94. The molecule has 25 heavy (non-hydrogen) atoms. The Balaban J connectivity index is 3.35. The van der Waals surface area contributed by atoms with Crippen LogP contribution in [0, 0.1) is 0 Å². The molecule has 0 amide bonds. The molecular weight excluding hydrogens is 332 g/mol. The molecule has 0 aliphatic rings. The summed E-state index contributed by atoms with van der Waals surface area (Å²) in [6, 6.07) is 0. The van der Waals surface area contributed by atoms with Crippen LogP contribution in [0.25, 0.3) is 0 Å². The molecule has 152 valence electrons. The summed E-state index contributed by atoms with van der Waals surface area (Å²) in [4.78, 5) is 0. The molecule has 0 saturated heterocycles. The van der Waals surface area contributed by atoms with Crippen LogP contribution in [0.2, 0.25) is 0 Å². The molecule has 0 aliphatic carbocycles. The van der Waals surface area contributed by atoms with E-state index >= 15 is 0 Å². The van der Waals surface area contributed by atoms with Gasteiger partial charge in [-0.1, -0.05) is 97.3 Å². The maximum atomic E-state index is 12.0. The second-order valence-electron chi connectivity index (χ2n) is 7.99. The molecule has 0 aromatic rings. The molecule has 0 fully saturated rings. The first-order chi connectivity index (χ1) is 11.9. The van der Waals surface area contributed by atoms with Gasteiger partial charge >= 0.3 is 0 Å². The topological polar surface area (TPSA) is 43.4 Å². The zero-order valence-electron chi connectivity index (χ0n) is 17.4. The number of rotatable bonds is 18. The minimum Gasteiger partial charge on any atom is -0.270 e. The Morgan fingerprint density at radius 2 is 1.00 bits per heavy atom. The van der Waals surface area contributed by atoms with E-state index in [2.05, 4.69) is 6.92 Å². The Hall–Kier alpha value is -0.0900. The van der Waals surface area contributed by atoms with Gasteiger partial charge < -0.3 is 0 Å². The lowest BCUT2D eigenvalue weighted by atomic mass is 10.0. The van der Waals surface area contributed by atoms with Crippen LogP contribution in [0.5, 0.6) is 0 Å². The van der Waals surface area contributed by atoms with Gasteiger partial charge in [0.05, 0.1) is 11.4 Å². The van der Waals surface area contributed by atoms with E-state index in [9.17, 15) is 8.42 Å². The normalized spacial score (nSPS) is 12.6. The van der Waals surface area contributed by atoms with Gasteiger partial charge in [-0.3, -0.25) is 4.18 Å². The molecule has 4 heteroatoms. The maximum absolute atomic E-state index is 12.0. The third-order valence-corrected chi connectivity index (χ3v) is 7.38. The van der Waals surface area contributed by atoms with Crippen molar-refractivity contribution in [2.45, 2.75) is 129 Å². The van der Waals surface area contributed by atoms with Crippen molar-refractivity contribution in [1.82, 2.24) is 0 Å². The molecule has 3 nitrogen and oxygen atoms in total. The summed E-state index contributed by atoms with van der Waals surface area (Å²) in [6.07, 6.45) is 18.8. The molecule has 0 rings (SSSR count).